The zero-order chi connectivity index (χ0) is 23.0. The molecule has 174 valence electrons. The summed E-state index contributed by atoms with van der Waals surface area (Å²) in [5.74, 6) is 2.00. The van der Waals surface area contributed by atoms with Gasteiger partial charge in [0.25, 0.3) is 0 Å². The van der Waals surface area contributed by atoms with Gasteiger partial charge >= 0.3 is 0 Å². The van der Waals surface area contributed by atoms with Gasteiger partial charge in [-0.1, -0.05) is 57.3 Å². The summed E-state index contributed by atoms with van der Waals surface area (Å²) in [5, 5.41) is 10.9. The summed E-state index contributed by atoms with van der Waals surface area (Å²) >= 11 is 0. The molecule has 0 aromatic heterocycles. The maximum atomic E-state index is 10.9. The molecule has 2 aliphatic rings. The fourth-order valence-electron chi connectivity index (χ4n) is 5.03. The van der Waals surface area contributed by atoms with Gasteiger partial charge in [0.15, 0.2) is 0 Å². The molecule has 3 rings (SSSR count). The van der Waals surface area contributed by atoms with Crippen molar-refractivity contribution in [1.82, 2.24) is 0 Å². The fraction of sp³-hybridized carbons (Fsp3) is 0.655. The van der Waals surface area contributed by atoms with Crippen LogP contribution >= 0.6 is 0 Å². The van der Waals surface area contributed by atoms with Gasteiger partial charge < -0.3 is 9.84 Å². The molecule has 0 amide bonds. The molecule has 0 spiro atoms. The number of aryl methyl sites for hydroxylation is 1. The molecule has 2 heteroatoms. The zero-order valence-corrected chi connectivity index (χ0v) is 21.0. The lowest BCUT2D eigenvalue weighted by Gasteiger charge is -2.46. The van der Waals surface area contributed by atoms with Gasteiger partial charge in [-0.3, -0.25) is 0 Å². The van der Waals surface area contributed by atoms with Gasteiger partial charge in [-0.05, 0) is 83.4 Å². The Hall–Kier alpha value is -1.70. The first kappa shape index (κ1) is 25.6. The summed E-state index contributed by atoms with van der Waals surface area (Å²) in [6, 6.07) is 4.17. The van der Waals surface area contributed by atoms with Crippen LogP contribution in [-0.4, -0.2) is 10.7 Å². The lowest BCUT2D eigenvalue weighted by molar-refractivity contribution is 0.0105. The van der Waals surface area contributed by atoms with Crippen LogP contribution in [0.2, 0.25) is 0 Å². The summed E-state index contributed by atoms with van der Waals surface area (Å²) in [5.41, 5.74) is 4.81. The van der Waals surface area contributed by atoms with Gasteiger partial charge in [0.2, 0.25) is 0 Å². The third-order valence-corrected chi connectivity index (χ3v) is 6.57. The quantitative estimate of drug-likeness (QED) is 0.332. The molecule has 1 heterocycles. The number of benzene rings is 1. The second-order valence-electron chi connectivity index (χ2n) is 10.2. The summed E-state index contributed by atoms with van der Waals surface area (Å²) < 4.78 is 6.46. The Morgan fingerprint density at radius 3 is 2.48 bits per heavy atom. The highest BCUT2D eigenvalue weighted by Gasteiger charge is 2.45. The van der Waals surface area contributed by atoms with Gasteiger partial charge in [-0.2, -0.15) is 0 Å². The molecule has 0 saturated heterocycles. The Bertz CT molecular complexity index is 756. The molecule has 1 aromatic rings. The van der Waals surface area contributed by atoms with Crippen molar-refractivity contribution < 1.29 is 9.84 Å². The molecular weight excluding hydrogens is 380 g/mol. The van der Waals surface area contributed by atoms with Crippen molar-refractivity contribution >= 4 is 0 Å². The van der Waals surface area contributed by atoms with Crippen molar-refractivity contribution in [3.63, 3.8) is 0 Å². The highest BCUT2D eigenvalue weighted by molar-refractivity contribution is 5.54. The molecule has 31 heavy (non-hydrogen) atoms. The third kappa shape index (κ3) is 6.89. The molecular formula is C29H46O2. The van der Waals surface area contributed by atoms with Crippen LogP contribution in [0.25, 0.3) is 0 Å². The van der Waals surface area contributed by atoms with Crippen LogP contribution in [0.1, 0.15) is 116 Å². The number of hydrogen-bond acceptors (Lipinski definition) is 2. The van der Waals surface area contributed by atoms with Gasteiger partial charge in [0, 0.05) is 17.4 Å². The maximum Gasteiger partial charge on any atom is 0.127 e. The van der Waals surface area contributed by atoms with Crippen LogP contribution in [0, 0.1) is 5.92 Å². The number of fused-ring (bicyclic) bond motifs is 3. The first-order chi connectivity index (χ1) is 14.7. The lowest BCUT2D eigenvalue weighted by Crippen LogP contribution is -2.45. The minimum absolute atomic E-state index is 0.202. The predicted octanol–water partition coefficient (Wildman–Crippen LogP) is 8.88. The van der Waals surface area contributed by atoms with E-state index in [9.17, 15) is 5.11 Å². The molecule has 0 bridgehead atoms. The maximum absolute atomic E-state index is 10.9. The van der Waals surface area contributed by atoms with Crippen molar-refractivity contribution in [3.8, 4) is 11.5 Å². The van der Waals surface area contributed by atoms with Crippen molar-refractivity contribution in [2.45, 2.75) is 117 Å². The Balaban J connectivity index is 0.00000107. The van der Waals surface area contributed by atoms with Crippen molar-refractivity contribution in [2.75, 3.05) is 0 Å². The van der Waals surface area contributed by atoms with Crippen molar-refractivity contribution in [2.24, 2.45) is 5.92 Å². The van der Waals surface area contributed by atoms with Crippen LogP contribution in [0.15, 0.2) is 35.9 Å². The van der Waals surface area contributed by atoms with Crippen molar-refractivity contribution in [1.29, 1.82) is 0 Å². The molecule has 1 aliphatic carbocycles. The average molecular weight is 427 g/mol. The van der Waals surface area contributed by atoms with Crippen LogP contribution in [0.4, 0.5) is 0 Å². The summed E-state index contributed by atoms with van der Waals surface area (Å²) in [6.07, 6.45) is 14.0. The van der Waals surface area contributed by atoms with E-state index in [-0.39, 0.29) is 11.5 Å². The number of aromatic hydroxyl groups is 1. The molecule has 0 radical (unpaired) electrons. The topological polar surface area (TPSA) is 29.5 Å². The monoisotopic (exact) mass is 426 g/mol. The van der Waals surface area contributed by atoms with E-state index in [2.05, 4.69) is 60.3 Å². The second kappa shape index (κ2) is 11.8. The van der Waals surface area contributed by atoms with E-state index in [0.29, 0.717) is 11.7 Å². The van der Waals surface area contributed by atoms with E-state index in [1.54, 1.807) is 0 Å². The van der Waals surface area contributed by atoms with Crippen molar-refractivity contribution in [3.05, 3.63) is 47.1 Å². The summed E-state index contributed by atoms with van der Waals surface area (Å²) in [6.45, 7) is 17.0. The molecule has 1 aromatic carbocycles. The van der Waals surface area contributed by atoms with E-state index in [1.807, 2.05) is 6.07 Å². The first-order valence-electron chi connectivity index (χ1n) is 12.6. The average Bonchev–Trinajstić information content (AvgIpc) is 2.67. The number of ether oxygens (including phenoxy) is 1. The first-order valence-corrected chi connectivity index (χ1v) is 12.6. The zero-order valence-electron chi connectivity index (χ0n) is 21.0. The molecule has 1 N–H and O–H groups in total. The number of phenolic OH excluding ortho intramolecular Hbond substituents is 1. The molecule has 2 nitrogen and oxygen atoms in total. The number of allylic oxidation sites excluding steroid dienone is 3. The molecule has 0 fully saturated rings. The number of rotatable bonds is 8. The minimum Gasteiger partial charge on any atom is -0.507 e. The van der Waals surface area contributed by atoms with Crippen LogP contribution in [0.3, 0.4) is 0 Å². The summed E-state index contributed by atoms with van der Waals surface area (Å²) in [4.78, 5) is 0. The third-order valence-electron chi connectivity index (χ3n) is 6.57. The Morgan fingerprint density at radius 1 is 1.13 bits per heavy atom. The number of hydrogen-bond donors (Lipinski definition) is 1. The van der Waals surface area contributed by atoms with Gasteiger partial charge in [0.1, 0.15) is 17.1 Å². The minimum atomic E-state index is -0.202. The number of unbranched alkanes of at least 4 members (excludes halogenated alkanes) is 2. The SMILES string of the molecule is C=C(C)CCCC1=CC2c3c(O)cc(CCCCC)cc3OC(C)(C)C2CC1.CCC. The lowest BCUT2D eigenvalue weighted by atomic mass is 9.67. The largest absolute Gasteiger partial charge is 0.507 e. The molecule has 2 unspecified atom stereocenters. The highest BCUT2D eigenvalue weighted by Crippen LogP contribution is 2.53. The van der Waals surface area contributed by atoms with Crippen LogP contribution in [0.5, 0.6) is 11.5 Å². The number of phenols is 1. The Labute approximate surface area is 191 Å². The van der Waals surface area contributed by atoms with E-state index in [4.69, 9.17) is 4.74 Å². The molecule has 0 saturated carbocycles. The predicted molar refractivity (Wildman–Crippen MR) is 134 cm³/mol. The van der Waals surface area contributed by atoms with E-state index in [1.165, 1.54) is 42.4 Å². The van der Waals surface area contributed by atoms with Gasteiger partial charge in [0.05, 0.1) is 0 Å². The van der Waals surface area contributed by atoms with Gasteiger partial charge in [-0.25, -0.2) is 0 Å². The standard InChI is InChI=1S/C26H38O2.C3H8/c1-6-7-8-11-20-16-23(27)25-21-15-19(12-9-10-18(2)3)13-14-22(21)26(4,5)28-24(25)17-20;1-3-2/h15-17,21-22,27H,2,6-14H2,1,3-5H3;3H2,1-2H3. The molecule has 1 aliphatic heterocycles. The second-order valence-corrected chi connectivity index (χ2v) is 10.2. The van der Waals surface area contributed by atoms with E-state index >= 15 is 0 Å². The Morgan fingerprint density at radius 2 is 1.84 bits per heavy atom. The van der Waals surface area contributed by atoms with Gasteiger partial charge in [-0.15, -0.1) is 6.58 Å². The molecule has 2 atom stereocenters. The Kier molecular flexibility index (Phi) is 9.72. The van der Waals surface area contributed by atoms with E-state index < -0.39 is 0 Å². The highest BCUT2D eigenvalue weighted by atomic mass is 16.5. The van der Waals surface area contributed by atoms with Crippen LogP contribution in [-0.2, 0) is 6.42 Å². The normalized spacial score (nSPS) is 21.0. The van der Waals surface area contributed by atoms with E-state index in [0.717, 1.165) is 49.8 Å². The fourth-order valence-corrected chi connectivity index (χ4v) is 5.03. The smallest absolute Gasteiger partial charge is 0.127 e. The van der Waals surface area contributed by atoms with Crippen LogP contribution < -0.4 is 4.74 Å². The summed E-state index contributed by atoms with van der Waals surface area (Å²) in [7, 11) is 0.